The summed E-state index contributed by atoms with van der Waals surface area (Å²) in [5, 5.41) is -0.0478. The Bertz CT molecular complexity index is 1600. The second kappa shape index (κ2) is 11.1. The molecule has 1 atom stereocenters. The maximum absolute atomic E-state index is 13.4. The van der Waals surface area contributed by atoms with Crippen LogP contribution >= 0.6 is 11.6 Å². The van der Waals surface area contributed by atoms with Crippen molar-refractivity contribution in [3.63, 3.8) is 0 Å². The van der Waals surface area contributed by atoms with Gasteiger partial charge in [-0.2, -0.15) is 13.2 Å². The van der Waals surface area contributed by atoms with Crippen LogP contribution in [0, 0.1) is 5.92 Å². The molecule has 2 heterocycles. The van der Waals surface area contributed by atoms with Crippen LogP contribution in [-0.4, -0.2) is 50.7 Å². The zero-order chi connectivity index (χ0) is 28.7. The van der Waals surface area contributed by atoms with E-state index in [0.29, 0.717) is 45.3 Å². The number of amides is 1. The van der Waals surface area contributed by atoms with Gasteiger partial charge in [0.2, 0.25) is 15.9 Å². The van der Waals surface area contributed by atoms with E-state index in [0.717, 1.165) is 12.1 Å². The molecular formula is C27H26ClF3N2O6S. The van der Waals surface area contributed by atoms with E-state index in [4.69, 9.17) is 20.8 Å². The van der Waals surface area contributed by atoms with Crippen molar-refractivity contribution in [2.45, 2.75) is 37.1 Å². The van der Waals surface area contributed by atoms with Crippen molar-refractivity contribution >= 4 is 38.5 Å². The molecule has 2 fully saturated rings. The molecule has 2 aliphatic rings. The predicted molar refractivity (Wildman–Crippen MR) is 143 cm³/mol. The number of hydrogen-bond acceptors (Lipinski definition) is 7. The van der Waals surface area contributed by atoms with Crippen LogP contribution in [0.4, 0.5) is 13.2 Å². The molecule has 40 heavy (non-hydrogen) atoms. The predicted octanol–water partition coefficient (Wildman–Crippen LogP) is 4.83. The molecule has 0 radical (unpaired) electrons. The zero-order valence-corrected chi connectivity index (χ0v) is 22.7. The Balaban J connectivity index is 1.26. The number of nitrogens with zero attached hydrogens (tertiary/aromatic N) is 1. The highest BCUT2D eigenvalue weighted by Crippen LogP contribution is 2.38. The number of ether oxygens (including phenoxy) is 1. The number of carbonyl (C=O) groups is 1. The van der Waals surface area contributed by atoms with Gasteiger partial charge in [-0.3, -0.25) is 14.3 Å². The van der Waals surface area contributed by atoms with Crippen LogP contribution in [0.3, 0.4) is 0 Å². The van der Waals surface area contributed by atoms with E-state index in [1.165, 1.54) is 12.1 Å². The number of para-hydroxylation sites is 1. The Labute approximate surface area is 233 Å². The summed E-state index contributed by atoms with van der Waals surface area (Å²) in [6, 6.07) is 8.81. The molecule has 13 heteroatoms. The quantitative estimate of drug-likeness (QED) is 0.352. The van der Waals surface area contributed by atoms with Crippen molar-refractivity contribution in [1.82, 2.24) is 9.62 Å². The molecule has 214 valence electrons. The van der Waals surface area contributed by atoms with Crippen LogP contribution < -0.4 is 14.9 Å². The van der Waals surface area contributed by atoms with Gasteiger partial charge < -0.3 is 14.1 Å². The fourth-order valence-electron chi connectivity index (χ4n) is 4.70. The van der Waals surface area contributed by atoms with Crippen molar-refractivity contribution in [3.05, 3.63) is 63.3 Å². The molecule has 1 aliphatic heterocycles. The lowest BCUT2D eigenvalue weighted by atomic mass is 10.1. The summed E-state index contributed by atoms with van der Waals surface area (Å²) in [6.45, 7) is 1.51. The summed E-state index contributed by atoms with van der Waals surface area (Å²) in [5.74, 6) is -1.04. The van der Waals surface area contributed by atoms with Gasteiger partial charge in [0.05, 0.1) is 39.3 Å². The van der Waals surface area contributed by atoms with E-state index < -0.39 is 44.3 Å². The van der Waals surface area contributed by atoms with Gasteiger partial charge in [-0.1, -0.05) is 17.7 Å². The zero-order valence-electron chi connectivity index (χ0n) is 21.2. The number of carbonyl (C=O) groups excluding carboxylic acids is 1. The topological polar surface area (TPSA) is 106 Å². The van der Waals surface area contributed by atoms with Crippen molar-refractivity contribution in [2.75, 3.05) is 26.2 Å². The highest BCUT2D eigenvalue weighted by molar-refractivity contribution is 7.90. The standard InChI is InChI=1S/C27H26ClF3N2O6S/c28-21-4-1-3-19-22(34)14-24(39-25(19)21)20-8-5-17(27(29,30)31)13-23(20)38-12-2-10-33-11-9-16(15-33)26(35)32-40(36,37)18-6-7-18/h1,3-5,8,13-14,16,18H,2,6-7,9-12,15H2,(H,32,35)/t16-/m1/s1. The highest BCUT2D eigenvalue weighted by Gasteiger charge is 2.39. The van der Waals surface area contributed by atoms with Crippen molar-refractivity contribution in [1.29, 1.82) is 0 Å². The molecule has 1 saturated carbocycles. The fraction of sp³-hybridized carbons (Fsp3) is 0.407. The van der Waals surface area contributed by atoms with Gasteiger partial charge in [0.25, 0.3) is 0 Å². The summed E-state index contributed by atoms with van der Waals surface area (Å²) in [5.41, 5.74) is -1.03. The van der Waals surface area contributed by atoms with Gasteiger partial charge in [-0.25, -0.2) is 8.42 Å². The van der Waals surface area contributed by atoms with Crippen molar-refractivity contribution < 1.29 is 35.5 Å². The number of benzene rings is 2. The summed E-state index contributed by atoms with van der Waals surface area (Å²) in [4.78, 5) is 27.0. The minimum atomic E-state index is -4.61. The van der Waals surface area contributed by atoms with Crippen LogP contribution in [0.1, 0.15) is 31.2 Å². The minimum absolute atomic E-state index is 0.0175. The monoisotopic (exact) mass is 598 g/mol. The maximum Gasteiger partial charge on any atom is 0.416 e. The third kappa shape index (κ3) is 6.29. The molecular weight excluding hydrogens is 573 g/mol. The van der Waals surface area contributed by atoms with Crippen LogP contribution in [0.15, 0.2) is 51.7 Å². The van der Waals surface area contributed by atoms with E-state index in [9.17, 15) is 31.2 Å². The maximum atomic E-state index is 13.4. The summed E-state index contributed by atoms with van der Waals surface area (Å²) >= 11 is 6.18. The average Bonchev–Trinajstić information content (AvgIpc) is 3.66. The second-order valence-corrected chi connectivity index (χ2v) is 12.4. The Morgan fingerprint density at radius 1 is 1.15 bits per heavy atom. The van der Waals surface area contributed by atoms with Crippen LogP contribution in [0.2, 0.25) is 5.02 Å². The van der Waals surface area contributed by atoms with E-state index in [1.54, 1.807) is 18.2 Å². The normalized spacial score (nSPS) is 18.2. The van der Waals surface area contributed by atoms with Gasteiger partial charge in [0.15, 0.2) is 11.0 Å². The van der Waals surface area contributed by atoms with E-state index in [1.807, 2.05) is 4.90 Å². The van der Waals surface area contributed by atoms with Crippen molar-refractivity contribution in [3.8, 4) is 17.1 Å². The molecule has 1 aliphatic carbocycles. The molecule has 1 saturated heterocycles. The lowest BCUT2D eigenvalue weighted by Gasteiger charge is -2.17. The number of hydrogen-bond donors (Lipinski definition) is 1. The Morgan fingerprint density at radius 3 is 2.65 bits per heavy atom. The summed E-state index contributed by atoms with van der Waals surface area (Å²) < 4.78 is 78.2. The van der Waals surface area contributed by atoms with Gasteiger partial charge in [-0.15, -0.1) is 0 Å². The number of likely N-dealkylation sites (tertiary alicyclic amines) is 1. The smallest absolute Gasteiger partial charge is 0.416 e. The molecule has 1 aromatic heterocycles. The molecule has 0 bridgehead atoms. The van der Waals surface area contributed by atoms with E-state index in [2.05, 4.69) is 4.72 Å². The average molecular weight is 599 g/mol. The fourth-order valence-corrected chi connectivity index (χ4v) is 6.29. The molecule has 2 aromatic carbocycles. The first-order valence-electron chi connectivity index (χ1n) is 12.8. The second-order valence-electron chi connectivity index (χ2n) is 10.00. The third-order valence-electron chi connectivity index (χ3n) is 7.01. The molecule has 3 aromatic rings. The first-order chi connectivity index (χ1) is 18.9. The van der Waals surface area contributed by atoms with E-state index >= 15 is 0 Å². The van der Waals surface area contributed by atoms with Gasteiger partial charge in [0, 0.05) is 19.2 Å². The first-order valence-corrected chi connectivity index (χ1v) is 14.7. The Kier molecular flexibility index (Phi) is 7.86. The number of halogens is 4. The highest BCUT2D eigenvalue weighted by atomic mass is 35.5. The Hall–Kier alpha value is -3.09. The van der Waals surface area contributed by atoms with Crippen molar-refractivity contribution in [2.24, 2.45) is 5.92 Å². The van der Waals surface area contributed by atoms with Gasteiger partial charge in [0.1, 0.15) is 11.5 Å². The molecule has 0 spiro atoms. The molecule has 1 N–H and O–H groups in total. The molecule has 8 nitrogen and oxygen atoms in total. The Morgan fingerprint density at radius 2 is 1.93 bits per heavy atom. The first kappa shape index (κ1) is 28.4. The van der Waals surface area contributed by atoms with E-state index in [-0.39, 0.29) is 39.7 Å². The lowest BCUT2D eigenvalue weighted by Crippen LogP contribution is -2.38. The summed E-state index contributed by atoms with van der Waals surface area (Å²) in [7, 11) is -3.60. The number of alkyl halides is 3. The van der Waals surface area contributed by atoms with Crippen LogP contribution in [-0.2, 0) is 21.0 Å². The molecule has 5 rings (SSSR count). The largest absolute Gasteiger partial charge is 0.493 e. The third-order valence-corrected chi connectivity index (χ3v) is 9.14. The van der Waals surface area contributed by atoms with Gasteiger partial charge >= 0.3 is 6.18 Å². The number of rotatable bonds is 9. The molecule has 0 unspecified atom stereocenters. The lowest BCUT2D eigenvalue weighted by molar-refractivity contribution is -0.137. The SMILES string of the molecule is O=C(NS(=O)(=O)C1CC1)[C@@H]1CCN(CCCOc2cc(C(F)(F)F)ccc2-c2cc(=O)c3cccc(Cl)c3o2)C1. The number of sulfonamides is 1. The number of nitrogens with one attached hydrogen (secondary N) is 1. The minimum Gasteiger partial charge on any atom is -0.493 e. The van der Waals surface area contributed by atoms with Crippen LogP contribution in [0.25, 0.3) is 22.3 Å². The summed E-state index contributed by atoms with van der Waals surface area (Å²) in [6.07, 6.45) is -2.55. The molecule has 1 amide bonds. The number of fused-ring (bicyclic) bond motifs is 1. The van der Waals surface area contributed by atoms with Gasteiger partial charge in [-0.05, 0) is 62.6 Å². The van der Waals surface area contributed by atoms with Crippen LogP contribution in [0.5, 0.6) is 5.75 Å².